The highest BCUT2D eigenvalue weighted by molar-refractivity contribution is 6.22. The van der Waals surface area contributed by atoms with Gasteiger partial charge in [-0.15, -0.1) is 0 Å². The van der Waals surface area contributed by atoms with E-state index in [-0.39, 0.29) is 0 Å². The van der Waals surface area contributed by atoms with Gasteiger partial charge in [0.2, 0.25) is 5.71 Å². The lowest BCUT2D eigenvalue weighted by molar-refractivity contribution is 0.650. The molecular formula is C45H26N4O. The number of pyridine rings is 3. The van der Waals surface area contributed by atoms with Crippen LogP contribution in [-0.2, 0) is 0 Å². The molecule has 0 spiro atoms. The second kappa shape index (κ2) is 10.3. The van der Waals surface area contributed by atoms with Crippen molar-refractivity contribution in [1.29, 1.82) is 0 Å². The van der Waals surface area contributed by atoms with E-state index in [9.17, 15) is 0 Å². The van der Waals surface area contributed by atoms with Crippen molar-refractivity contribution in [2.75, 3.05) is 0 Å². The Morgan fingerprint density at radius 3 is 1.80 bits per heavy atom. The quantitative estimate of drug-likeness (QED) is 0.181. The van der Waals surface area contributed by atoms with Crippen LogP contribution in [0.3, 0.4) is 0 Å². The van der Waals surface area contributed by atoms with Crippen LogP contribution in [0, 0.1) is 0 Å². The largest absolute Gasteiger partial charge is 0.439 e. The number of imidazole rings is 1. The first kappa shape index (κ1) is 27.1. The second-order valence-electron chi connectivity index (χ2n) is 12.8. The number of nitrogens with zero attached hydrogens (tertiary/aromatic N) is 4. The summed E-state index contributed by atoms with van der Waals surface area (Å²) in [6.45, 7) is 0. The molecule has 5 heteroatoms. The summed E-state index contributed by atoms with van der Waals surface area (Å²) in [5.41, 5.74) is 12.7. The Kier molecular flexibility index (Phi) is 5.60. The van der Waals surface area contributed by atoms with Gasteiger partial charge in [0, 0.05) is 32.7 Å². The molecule has 11 aromatic rings. The maximum Gasteiger partial charge on any atom is 0.215 e. The van der Waals surface area contributed by atoms with Gasteiger partial charge < -0.3 is 4.42 Å². The lowest BCUT2D eigenvalue weighted by Gasteiger charge is -2.09. The van der Waals surface area contributed by atoms with Gasteiger partial charge in [0.05, 0.1) is 38.8 Å². The van der Waals surface area contributed by atoms with Gasteiger partial charge in [-0.05, 0) is 52.9 Å². The number of furan rings is 1. The molecule has 0 saturated carbocycles. The van der Waals surface area contributed by atoms with Gasteiger partial charge in [-0.25, -0.2) is 15.0 Å². The first-order valence-electron chi connectivity index (χ1n) is 16.8. The normalized spacial score (nSPS) is 12.0. The van der Waals surface area contributed by atoms with Crippen LogP contribution in [0.4, 0.5) is 0 Å². The number of rotatable bonds is 3. The Bertz CT molecular complexity index is 3140. The van der Waals surface area contributed by atoms with Crippen molar-refractivity contribution in [3.05, 3.63) is 158 Å². The molecule has 50 heavy (non-hydrogen) atoms. The van der Waals surface area contributed by atoms with Crippen LogP contribution in [-0.4, -0.2) is 19.4 Å². The van der Waals surface area contributed by atoms with E-state index in [1.807, 2.05) is 24.3 Å². The first-order valence-corrected chi connectivity index (χ1v) is 16.8. The molecule has 0 N–H and O–H groups in total. The van der Waals surface area contributed by atoms with Gasteiger partial charge in [-0.1, -0.05) is 121 Å². The molecule has 5 nitrogen and oxygen atoms in total. The SMILES string of the molecule is c1ccc(-c2ccc3ccc4ccc(-c5ccc(-c6ccc7oc8c(c7c6)c6ccccc6c6nc7ccccc7n68)cc5)nc4c3n2)cc1. The maximum absolute atomic E-state index is 6.62. The van der Waals surface area contributed by atoms with Crippen LogP contribution in [0.2, 0.25) is 0 Å². The third-order valence-electron chi connectivity index (χ3n) is 9.97. The van der Waals surface area contributed by atoms with E-state index in [4.69, 9.17) is 19.4 Å². The van der Waals surface area contributed by atoms with Crippen molar-refractivity contribution >= 4 is 71.3 Å². The average molecular weight is 639 g/mol. The van der Waals surface area contributed by atoms with Gasteiger partial charge in [-0.2, -0.15) is 0 Å². The summed E-state index contributed by atoms with van der Waals surface area (Å²) in [5, 5.41) is 6.58. The van der Waals surface area contributed by atoms with Gasteiger partial charge in [0.25, 0.3) is 0 Å². The minimum absolute atomic E-state index is 0.815. The molecule has 6 aromatic carbocycles. The molecule has 0 unspecified atom stereocenters. The Labute approximate surface area is 285 Å². The number of fused-ring (bicyclic) bond motifs is 13. The molecular weight excluding hydrogens is 613 g/mol. The van der Waals surface area contributed by atoms with Crippen LogP contribution < -0.4 is 0 Å². The van der Waals surface area contributed by atoms with E-state index in [0.29, 0.717) is 0 Å². The lowest BCUT2D eigenvalue weighted by atomic mass is 9.99. The van der Waals surface area contributed by atoms with Gasteiger partial charge in [0.1, 0.15) is 11.2 Å². The zero-order chi connectivity index (χ0) is 32.8. The number of para-hydroxylation sites is 2. The molecule has 11 rings (SSSR count). The monoisotopic (exact) mass is 638 g/mol. The Balaban J connectivity index is 1.03. The predicted molar refractivity (Wildman–Crippen MR) is 204 cm³/mol. The summed E-state index contributed by atoms with van der Waals surface area (Å²) in [6.07, 6.45) is 0. The number of benzene rings is 6. The zero-order valence-electron chi connectivity index (χ0n) is 26.7. The molecule has 5 aromatic heterocycles. The number of hydrogen-bond acceptors (Lipinski definition) is 4. The summed E-state index contributed by atoms with van der Waals surface area (Å²) in [5.74, 6) is 0. The van der Waals surface area contributed by atoms with E-state index in [2.05, 4.69) is 138 Å². The van der Waals surface area contributed by atoms with E-state index in [1.165, 1.54) is 0 Å². The summed E-state index contributed by atoms with van der Waals surface area (Å²) in [7, 11) is 0. The van der Waals surface area contributed by atoms with Crippen LogP contribution in [0.1, 0.15) is 0 Å². The van der Waals surface area contributed by atoms with Crippen LogP contribution in [0.15, 0.2) is 162 Å². The maximum atomic E-state index is 6.62. The first-order chi connectivity index (χ1) is 24.8. The third-order valence-corrected chi connectivity index (χ3v) is 9.97. The Morgan fingerprint density at radius 1 is 0.440 bits per heavy atom. The van der Waals surface area contributed by atoms with E-state index >= 15 is 0 Å². The highest BCUT2D eigenvalue weighted by atomic mass is 16.3. The molecule has 232 valence electrons. The standard InChI is InChI=1S/C45H26N4O/c1-2-8-28(9-3-1)36-23-20-30-18-19-31-21-24-37(47-43(31)42(30)46-36)29-16-14-27(15-17-29)32-22-25-40-35(26-32)41-33-10-4-5-11-34(33)44-48-38-12-6-7-13-39(38)49(44)45(41)50-40/h1-26H. The number of aromatic nitrogens is 4. The average Bonchev–Trinajstić information content (AvgIpc) is 3.77. The van der Waals surface area contributed by atoms with Gasteiger partial charge >= 0.3 is 0 Å². The van der Waals surface area contributed by atoms with E-state index < -0.39 is 0 Å². The predicted octanol–water partition coefficient (Wildman–Crippen LogP) is 11.6. The topological polar surface area (TPSA) is 56.2 Å². The fraction of sp³-hybridized carbons (Fsp3) is 0. The molecule has 0 saturated heterocycles. The number of hydrogen-bond donors (Lipinski definition) is 0. The van der Waals surface area contributed by atoms with Crippen molar-refractivity contribution in [1.82, 2.24) is 19.4 Å². The van der Waals surface area contributed by atoms with Crippen molar-refractivity contribution in [3.8, 4) is 33.6 Å². The molecule has 0 aliphatic heterocycles. The van der Waals surface area contributed by atoms with Crippen LogP contribution >= 0.6 is 0 Å². The van der Waals surface area contributed by atoms with Crippen molar-refractivity contribution < 1.29 is 4.42 Å². The third kappa shape index (κ3) is 3.98. The Morgan fingerprint density at radius 2 is 1.04 bits per heavy atom. The molecule has 0 bridgehead atoms. The van der Waals surface area contributed by atoms with Crippen molar-refractivity contribution in [2.24, 2.45) is 0 Å². The summed E-state index contributed by atoms with van der Waals surface area (Å²) in [4.78, 5) is 15.2. The smallest absolute Gasteiger partial charge is 0.215 e. The fourth-order valence-electron chi connectivity index (χ4n) is 7.52. The summed E-state index contributed by atoms with van der Waals surface area (Å²) in [6, 6.07) is 54.9. The minimum atomic E-state index is 0.815. The molecule has 0 amide bonds. The minimum Gasteiger partial charge on any atom is -0.439 e. The van der Waals surface area contributed by atoms with Crippen molar-refractivity contribution in [3.63, 3.8) is 0 Å². The molecule has 0 atom stereocenters. The highest BCUT2D eigenvalue weighted by Crippen LogP contribution is 2.40. The highest BCUT2D eigenvalue weighted by Gasteiger charge is 2.19. The second-order valence-corrected chi connectivity index (χ2v) is 12.8. The Hall–Kier alpha value is -6.85. The molecule has 5 heterocycles. The van der Waals surface area contributed by atoms with Gasteiger partial charge in [-0.3, -0.25) is 4.40 Å². The van der Waals surface area contributed by atoms with Crippen molar-refractivity contribution in [2.45, 2.75) is 0 Å². The molecule has 0 fully saturated rings. The van der Waals surface area contributed by atoms with Crippen LogP contribution in [0.25, 0.3) is 105 Å². The fourth-order valence-corrected chi connectivity index (χ4v) is 7.52. The summed E-state index contributed by atoms with van der Waals surface area (Å²) < 4.78 is 8.78. The zero-order valence-corrected chi connectivity index (χ0v) is 26.7. The van der Waals surface area contributed by atoms with E-state index in [0.717, 1.165) is 105 Å². The lowest BCUT2D eigenvalue weighted by Crippen LogP contribution is -1.91. The molecule has 0 aliphatic rings. The van der Waals surface area contributed by atoms with Gasteiger partial charge in [0.15, 0.2) is 0 Å². The molecule has 0 aliphatic carbocycles. The van der Waals surface area contributed by atoms with E-state index in [1.54, 1.807) is 0 Å². The molecule has 0 radical (unpaired) electrons. The van der Waals surface area contributed by atoms with Crippen LogP contribution in [0.5, 0.6) is 0 Å². The summed E-state index contributed by atoms with van der Waals surface area (Å²) >= 11 is 0.